The van der Waals surface area contributed by atoms with Gasteiger partial charge in [-0.3, -0.25) is 0 Å². The number of rotatable bonds is 5. The third-order valence-corrected chi connectivity index (χ3v) is 4.98. The molecule has 0 amide bonds. The molecule has 0 saturated heterocycles. The summed E-state index contributed by atoms with van der Waals surface area (Å²) in [6.07, 6.45) is 5.59. The van der Waals surface area contributed by atoms with Crippen LogP contribution in [0.1, 0.15) is 50.2 Å². The number of benzene rings is 1. The molecule has 2 nitrogen and oxygen atoms in total. The van der Waals surface area contributed by atoms with E-state index in [1.165, 1.54) is 44.2 Å². The van der Waals surface area contributed by atoms with Gasteiger partial charge in [0.15, 0.2) is 0 Å². The van der Waals surface area contributed by atoms with Crippen molar-refractivity contribution in [2.24, 2.45) is 5.92 Å². The summed E-state index contributed by atoms with van der Waals surface area (Å²) in [5.41, 5.74) is 0.498. The Morgan fingerprint density at radius 2 is 2.05 bits per heavy atom. The SMILES string of the molecule is N#CCC(O)c1cc(F)cc(SCC2CCCCC2)c1. The molecular formula is C16H20FNOS. The van der Waals surface area contributed by atoms with Gasteiger partial charge in [0, 0.05) is 10.6 Å². The summed E-state index contributed by atoms with van der Waals surface area (Å²) in [4.78, 5) is 0.850. The third-order valence-electron chi connectivity index (χ3n) is 3.77. The predicted octanol–water partition coefficient (Wildman–Crippen LogP) is 4.45. The van der Waals surface area contributed by atoms with Crippen LogP contribution in [-0.4, -0.2) is 10.9 Å². The molecule has 108 valence electrons. The molecule has 1 aromatic rings. The van der Waals surface area contributed by atoms with E-state index in [-0.39, 0.29) is 12.2 Å². The third kappa shape index (κ3) is 4.50. The highest BCUT2D eigenvalue weighted by Crippen LogP contribution is 2.31. The number of thioether (sulfide) groups is 1. The average molecular weight is 293 g/mol. The minimum atomic E-state index is -0.898. The highest BCUT2D eigenvalue weighted by atomic mass is 32.2. The van der Waals surface area contributed by atoms with E-state index in [1.807, 2.05) is 6.07 Å². The second kappa shape index (κ2) is 7.66. The first-order valence-electron chi connectivity index (χ1n) is 7.17. The summed E-state index contributed by atoms with van der Waals surface area (Å²) in [6.45, 7) is 0. The van der Waals surface area contributed by atoms with Crippen LogP contribution in [0.4, 0.5) is 4.39 Å². The van der Waals surface area contributed by atoms with Crippen LogP contribution in [0.25, 0.3) is 0 Å². The van der Waals surface area contributed by atoms with E-state index in [0.29, 0.717) is 5.56 Å². The summed E-state index contributed by atoms with van der Waals surface area (Å²) in [6, 6.07) is 6.54. The van der Waals surface area contributed by atoms with Crippen molar-refractivity contribution in [1.29, 1.82) is 5.26 Å². The Kier molecular flexibility index (Phi) is 5.87. The van der Waals surface area contributed by atoms with Crippen LogP contribution in [0, 0.1) is 23.1 Å². The lowest BCUT2D eigenvalue weighted by Crippen LogP contribution is -2.08. The van der Waals surface area contributed by atoms with Crippen molar-refractivity contribution in [2.75, 3.05) is 5.75 Å². The summed E-state index contributed by atoms with van der Waals surface area (Å²) in [7, 11) is 0. The second-order valence-corrected chi connectivity index (χ2v) is 6.51. The largest absolute Gasteiger partial charge is 0.387 e. The summed E-state index contributed by atoms with van der Waals surface area (Å²) in [5.74, 6) is 1.40. The van der Waals surface area contributed by atoms with E-state index < -0.39 is 6.10 Å². The van der Waals surface area contributed by atoms with E-state index in [1.54, 1.807) is 17.8 Å². The Balaban J connectivity index is 1.98. The zero-order valence-corrected chi connectivity index (χ0v) is 12.3. The minimum Gasteiger partial charge on any atom is -0.387 e. The highest BCUT2D eigenvalue weighted by molar-refractivity contribution is 7.99. The average Bonchev–Trinajstić information content (AvgIpc) is 2.46. The van der Waals surface area contributed by atoms with Gasteiger partial charge >= 0.3 is 0 Å². The fourth-order valence-corrected chi connectivity index (χ4v) is 3.81. The van der Waals surface area contributed by atoms with Crippen molar-refractivity contribution in [3.8, 4) is 6.07 Å². The molecule has 0 spiro atoms. The van der Waals surface area contributed by atoms with Crippen LogP contribution in [0.5, 0.6) is 0 Å². The van der Waals surface area contributed by atoms with Crippen LogP contribution in [0.15, 0.2) is 23.1 Å². The molecule has 2 rings (SSSR count). The van der Waals surface area contributed by atoms with Crippen molar-refractivity contribution < 1.29 is 9.50 Å². The predicted molar refractivity (Wildman–Crippen MR) is 78.9 cm³/mol. The van der Waals surface area contributed by atoms with Crippen molar-refractivity contribution >= 4 is 11.8 Å². The molecule has 1 atom stereocenters. The summed E-state index contributed by atoms with van der Waals surface area (Å²) >= 11 is 1.66. The van der Waals surface area contributed by atoms with E-state index in [2.05, 4.69) is 0 Å². The van der Waals surface area contributed by atoms with Crippen LogP contribution in [-0.2, 0) is 0 Å². The summed E-state index contributed by atoms with van der Waals surface area (Å²) < 4.78 is 13.6. The molecule has 1 unspecified atom stereocenters. The van der Waals surface area contributed by atoms with Crippen LogP contribution < -0.4 is 0 Å². The van der Waals surface area contributed by atoms with E-state index in [0.717, 1.165) is 16.6 Å². The number of nitriles is 1. The lowest BCUT2D eigenvalue weighted by Gasteiger charge is -2.21. The number of hydrogen-bond donors (Lipinski definition) is 1. The zero-order valence-electron chi connectivity index (χ0n) is 11.5. The maximum absolute atomic E-state index is 13.6. The minimum absolute atomic E-state index is 0.00378. The molecule has 1 N–H and O–H groups in total. The first-order valence-corrected chi connectivity index (χ1v) is 8.16. The number of halogens is 1. The van der Waals surface area contributed by atoms with Gasteiger partial charge in [-0.25, -0.2) is 4.39 Å². The van der Waals surface area contributed by atoms with Gasteiger partial charge in [0.2, 0.25) is 0 Å². The van der Waals surface area contributed by atoms with Crippen molar-refractivity contribution in [3.63, 3.8) is 0 Å². The van der Waals surface area contributed by atoms with Gasteiger partial charge in [-0.15, -0.1) is 11.8 Å². The van der Waals surface area contributed by atoms with E-state index in [9.17, 15) is 9.50 Å². The lowest BCUT2D eigenvalue weighted by molar-refractivity contribution is 0.182. The monoisotopic (exact) mass is 293 g/mol. The molecule has 0 bridgehead atoms. The molecule has 1 aliphatic carbocycles. The zero-order chi connectivity index (χ0) is 14.4. The standard InChI is InChI=1S/C16H20FNOS/c17-14-8-13(16(19)6-7-18)9-15(10-14)20-11-12-4-2-1-3-5-12/h8-10,12,16,19H,1-6,11H2. The molecule has 0 aromatic heterocycles. The fraction of sp³-hybridized carbons (Fsp3) is 0.562. The van der Waals surface area contributed by atoms with Gasteiger partial charge in [-0.2, -0.15) is 5.26 Å². The van der Waals surface area contributed by atoms with Crippen molar-refractivity contribution in [1.82, 2.24) is 0 Å². The normalized spacial score (nSPS) is 17.6. The summed E-state index contributed by atoms with van der Waals surface area (Å²) in [5, 5.41) is 18.4. The number of aliphatic hydroxyl groups is 1. The maximum Gasteiger partial charge on any atom is 0.124 e. The van der Waals surface area contributed by atoms with E-state index >= 15 is 0 Å². The van der Waals surface area contributed by atoms with Gasteiger partial charge < -0.3 is 5.11 Å². The smallest absolute Gasteiger partial charge is 0.124 e. The molecule has 20 heavy (non-hydrogen) atoms. The Morgan fingerprint density at radius 1 is 1.30 bits per heavy atom. The lowest BCUT2D eigenvalue weighted by atomic mass is 9.91. The van der Waals surface area contributed by atoms with Gasteiger partial charge in [-0.1, -0.05) is 19.3 Å². The molecule has 1 aliphatic rings. The molecule has 1 saturated carbocycles. The van der Waals surface area contributed by atoms with Gasteiger partial charge in [-0.05, 0) is 42.5 Å². The molecule has 4 heteroatoms. The number of nitrogens with zero attached hydrogens (tertiary/aromatic N) is 1. The van der Waals surface area contributed by atoms with Gasteiger partial charge in [0.1, 0.15) is 5.82 Å². The number of aliphatic hydroxyl groups excluding tert-OH is 1. The Hall–Kier alpha value is -1.05. The van der Waals surface area contributed by atoms with Gasteiger partial charge in [0.05, 0.1) is 18.6 Å². The van der Waals surface area contributed by atoms with Crippen molar-refractivity contribution in [2.45, 2.75) is 49.5 Å². The van der Waals surface area contributed by atoms with Crippen LogP contribution in [0.2, 0.25) is 0 Å². The molecule has 1 aromatic carbocycles. The number of hydrogen-bond acceptors (Lipinski definition) is 3. The van der Waals surface area contributed by atoms with Crippen LogP contribution >= 0.6 is 11.8 Å². The quantitative estimate of drug-likeness (QED) is 0.816. The topological polar surface area (TPSA) is 44.0 Å². The molecule has 0 radical (unpaired) electrons. The molecule has 0 heterocycles. The Morgan fingerprint density at radius 3 is 2.75 bits per heavy atom. The highest BCUT2D eigenvalue weighted by Gasteiger charge is 2.15. The first-order chi connectivity index (χ1) is 9.69. The Bertz CT molecular complexity index is 480. The van der Waals surface area contributed by atoms with Crippen LogP contribution in [0.3, 0.4) is 0 Å². The Labute approximate surface area is 124 Å². The van der Waals surface area contributed by atoms with Gasteiger partial charge in [0.25, 0.3) is 0 Å². The first kappa shape index (κ1) is 15.3. The second-order valence-electron chi connectivity index (χ2n) is 5.41. The van der Waals surface area contributed by atoms with E-state index in [4.69, 9.17) is 5.26 Å². The molecular weight excluding hydrogens is 273 g/mol. The van der Waals surface area contributed by atoms with Crippen molar-refractivity contribution in [3.05, 3.63) is 29.6 Å². The molecule has 1 fully saturated rings. The molecule has 0 aliphatic heterocycles. The maximum atomic E-state index is 13.6. The fourth-order valence-electron chi connectivity index (χ4n) is 2.63.